The lowest BCUT2D eigenvalue weighted by molar-refractivity contribution is -0.205. The van der Waals surface area contributed by atoms with Crippen molar-refractivity contribution in [3.63, 3.8) is 0 Å². The topological polar surface area (TPSA) is 116 Å². The Hall–Kier alpha value is -1.97. The molecule has 8 nitrogen and oxygen atoms in total. The van der Waals surface area contributed by atoms with Crippen LogP contribution in [-0.2, 0) is 14.3 Å². The fourth-order valence-electron chi connectivity index (χ4n) is 2.20. The highest BCUT2D eigenvalue weighted by Gasteiger charge is 2.48. The van der Waals surface area contributed by atoms with E-state index in [1.165, 1.54) is 0 Å². The molecule has 0 aromatic carbocycles. The average molecular weight is 352 g/mol. The highest BCUT2D eigenvalue weighted by atomic mass is 19.3. The quantitative estimate of drug-likeness (QED) is 0.678. The summed E-state index contributed by atoms with van der Waals surface area (Å²) in [6.45, 7) is 4.22. The molecule has 10 heteroatoms. The number of carboxylic acid groups (broad SMARTS) is 1. The largest absolute Gasteiger partial charge is 0.481 e. The normalized spacial score (nSPS) is 22.0. The minimum Gasteiger partial charge on any atom is -0.481 e. The Balaban J connectivity index is 2.83. The Kier molecular flexibility index (Phi) is 6.09. The molecule has 1 unspecified atom stereocenters. The van der Waals surface area contributed by atoms with Crippen LogP contribution in [0.15, 0.2) is 0 Å². The van der Waals surface area contributed by atoms with Crippen LogP contribution in [0, 0.1) is 0 Å². The summed E-state index contributed by atoms with van der Waals surface area (Å²) >= 11 is 0. The van der Waals surface area contributed by atoms with Gasteiger partial charge in [-0.05, 0) is 20.8 Å². The maximum absolute atomic E-state index is 13.5. The van der Waals surface area contributed by atoms with Gasteiger partial charge < -0.3 is 25.2 Å². The molecule has 1 saturated heterocycles. The number of nitrogens with zero attached hydrogens (tertiary/aromatic N) is 1. The van der Waals surface area contributed by atoms with E-state index in [2.05, 4.69) is 5.32 Å². The molecule has 1 rings (SSSR count). The summed E-state index contributed by atoms with van der Waals surface area (Å²) in [6, 6.07) is -1.19. The predicted molar refractivity (Wildman–Crippen MR) is 77.3 cm³/mol. The Morgan fingerprint density at radius 1 is 1.46 bits per heavy atom. The van der Waals surface area contributed by atoms with Crippen molar-refractivity contribution in [3.05, 3.63) is 0 Å². The number of aliphatic hydroxyl groups excluding tert-OH is 1. The molecule has 0 bridgehead atoms. The number of carbonyl (C=O) groups is 3. The molecular formula is C14H22F2N2O6. The summed E-state index contributed by atoms with van der Waals surface area (Å²) in [5, 5.41) is 20.8. The van der Waals surface area contributed by atoms with E-state index in [0.29, 0.717) is 4.90 Å². The van der Waals surface area contributed by atoms with Crippen molar-refractivity contribution in [1.29, 1.82) is 0 Å². The molecule has 3 N–H and O–H groups in total. The molecule has 0 aromatic rings. The molecule has 1 aliphatic heterocycles. The number of alkyl carbamates (subject to hydrolysis) is 1. The summed E-state index contributed by atoms with van der Waals surface area (Å²) in [4.78, 5) is 34.9. The van der Waals surface area contributed by atoms with E-state index >= 15 is 0 Å². The lowest BCUT2D eigenvalue weighted by Crippen LogP contribution is -2.58. The zero-order valence-electron chi connectivity index (χ0n) is 13.7. The second-order valence-electron chi connectivity index (χ2n) is 6.62. The summed E-state index contributed by atoms with van der Waals surface area (Å²) in [5.74, 6) is -5.54. The maximum atomic E-state index is 13.5. The zero-order chi connectivity index (χ0) is 18.7. The zero-order valence-corrected chi connectivity index (χ0v) is 13.7. The Labute approximate surface area is 137 Å². The van der Waals surface area contributed by atoms with Crippen LogP contribution in [0.1, 0.15) is 40.0 Å². The van der Waals surface area contributed by atoms with Crippen molar-refractivity contribution < 1.29 is 38.1 Å². The fraction of sp³-hybridized carbons (Fsp3) is 0.786. The van der Waals surface area contributed by atoms with Crippen LogP contribution in [0.3, 0.4) is 0 Å². The van der Waals surface area contributed by atoms with Crippen LogP contribution in [-0.4, -0.2) is 63.4 Å². The maximum Gasteiger partial charge on any atom is 0.407 e. The van der Waals surface area contributed by atoms with E-state index in [0.717, 1.165) is 0 Å². The van der Waals surface area contributed by atoms with Gasteiger partial charge in [0.1, 0.15) is 5.60 Å². The number of amides is 2. The monoisotopic (exact) mass is 352 g/mol. The van der Waals surface area contributed by atoms with Crippen molar-refractivity contribution >= 4 is 18.0 Å². The predicted octanol–water partition coefficient (Wildman–Crippen LogP) is 0.930. The number of aliphatic carboxylic acids is 1. The molecule has 1 fully saturated rings. The van der Waals surface area contributed by atoms with Crippen LogP contribution >= 0.6 is 0 Å². The van der Waals surface area contributed by atoms with Crippen molar-refractivity contribution in [3.8, 4) is 0 Å². The molecular weight excluding hydrogens is 330 g/mol. The summed E-state index contributed by atoms with van der Waals surface area (Å²) < 4.78 is 32.1. The van der Waals surface area contributed by atoms with Crippen LogP contribution in [0.5, 0.6) is 0 Å². The van der Waals surface area contributed by atoms with Gasteiger partial charge in [-0.1, -0.05) is 0 Å². The standard InChI is InChI=1S/C14H22F2N2O6/c1-13(2,3)24-12(23)17-8(6-10(20)21)7-18-9(19)4-5-14(15,16)11(18)22/h8,11,22H,4-7H2,1-3H3,(H,17,23)(H,20,21)/t8-,11?/m0/s1. The lowest BCUT2D eigenvalue weighted by Gasteiger charge is -2.39. The number of alkyl halides is 2. The molecule has 2 amide bonds. The third-order valence-corrected chi connectivity index (χ3v) is 3.22. The first-order chi connectivity index (χ1) is 10.8. The third-order valence-electron chi connectivity index (χ3n) is 3.22. The average Bonchev–Trinajstić information content (AvgIpc) is 2.36. The number of nitrogens with one attached hydrogen (secondary N) is 1. The fourth-order valence-corrected chi connectivity index (χ4v) is 2.20. The minimum atomic E-state index is -3.49. The van der Waals surface area contributed by atoms with Gasteiger partial charge in [-0.2, -0.15) is 0 Å². The second kappa shape index (κ2) is 7.29. The van der Waals surface area contributed by atoms with E-state index in [1.807, 2.05) is 0 Å². The summed E-state index contributed by atoms with van der Waals surface area (Å²) in [5.41, 5.74) is -0.842. The van der Waals surface area contributed by atoms with E-state index in [1.54, 1.807) is 20.8 Å². The van der Waals surface area contributed by atoms with Crippen molar-refractivity contribution in [2.24, 2.45) is 0 Å². The van der Waals surface area contributed by atoms with E-state index < -0.39 is 67.6 Å². The van der Waals surface area contributed by atoms with Gasteiger partial charge in [-0.3, -0.25) is 9.59 Å². The SMILES string of the molecule is CC(C)(C)OC(=O)N[C@@H](CC(=O)O)CN1C(=O)CCC(F)(F)C1O. The van der Waals surface area contributed by atoms with Crippen LogP contribution in [0.2, 0.25) is 0 Å². The Morgan fingerprint density at radius 3 is 2.54 bits per heavy atom. The number of carbonyl (C=O) groups excluding carboxylic acids is 2. The first-order valence-corrected chi connectivity index (χ1v) is 7.38. The number of hydrogen-bond acceptors (Lipinski definition) is 5. The molecule has 0 saturated carbocycles. The summed E-state index contributed by atoms with van der Waals surface area (Å²) in [6.07, 6.45) is -5.19. The van der Waals surface area contributed by atoms with Gasteiger partial charge in [0.05, 0.1) is 12.5 Å². The van der Waals surface area contributed by atoms with E-state index in [-0.39, 0.29) is 0 Å². The number of carboxylic acids is 1. The van der Waals surface area contributed by atoms with Gasteiger partial charge in [-0.15, -0.1) is 0 Å². The highest BCUT2D eigenvalue weighted by molar-refractivity contribution is 5.78. The third kappa shape index (κ3) is 5.91. The van der Waals surface area contributed by atoms with Gasteiger partial charge in [0.25, 0.3) is 5.92 Å². The highest BCUT2D eigenvalue weighted by Crippen LogP contribution is 2.32. The van der Waals surface area contributed by atoms with Crippen LogP contribution in [0.4, 0.5) is 13.6 Å². The Morgan fingerprint density at radius 2 is 2.04 bits per heavy atom. The number of hydrogen-bond donors (Lipinski definition) is 3. The molecule has 2 atom stereocenters. The molecule has 138 valence electrons. The Bertz CT molecular complexity index is 506. The van der Waals surface area contributed by atoms with Crippen LogP contribution in [0.25, 0.3) is 0 Å². The van der Waals surface area contributed by atoms with Gasteiger partial charge in [0, 0.05) is 19.4 Å². The first kappa shape index (κ1) is 20.1. The van der Waals surface area contributed by atoms with Crippen molar-refractivity contribution in [2.75, 3.05) is 6.54 Å². The first-order valence-electron chi connectivity index (χ1n) is 7.38. The number of rotatable bonds is 5. The molecule has 0 aromatic heterocycles. The van der Waals surface area contributed by atoms with E-state index in [9.17, 15) is 28.3 Å². The number of halogens is 2. The molecule has 1 heterocycles. The number of ether oxygens (including phenoxy) is 1. The smallest absolute Gasteiger partial charge is 0.407 e. The van der Waals surface area contributed by atoms with Crippen molar-refractivity contribution in [2.45, 2.75) is 63.8 Å². The minimum absolute atomic E-state index is 0.476. The molecule has 1 aliphatic rings. The molecule has 0 radical (unpaired) electrons. The molecule has 0 aliphatic carbocycles. The van der Waals surface area contributed by atoms with E-state index in [4.69, 9.17) is 9.84 Å². The van der Waals surface area contributed by atoms with Gasteiger partial charge in [0.15, 0.2) is 6.23 Å². The lowest BCUT2D eigenvalue weighted by atomic mass is 10.0. The van der Waals surface area contributed by atoms with Gasteiger partial charge in [-0.25, -0.2) is 13.6 Å². The van der Waals surface area contributed by atoms with Crippen molar-refractivity contribution in [1.82, 2.24) is 10.2 Å². The second-order valence-corrected chi connectivity index (χ2v) is 6.62. The van der Waals surface area contributed by atoms with Gasteiger partial charge in [0.2, 0.25) is 5.91 Å². The summed E-state index contributed by atoms with van der Waals surface area (Å²) in [7, 11) is 0. The number of likely N-dealkylation sites (tertiary alicyclic amines) is 1. The van der Waals surface area contributed by atoms with Gasteiger partial charge >= 0.3 is 12.1 Å². The van der Waals surface area contributed by atoms with Crippen LogP contribution < -0.4 is 5.32 Å². The number of piperidine rings is 1. The molecule has 24 heavy (non-hydrogen) atoms. The number of aliphatic hydroxyl groups is 1. The molecule has 0 spiro atoms.